The molecule has 0 aliphatic carbocycles. The molecular formula is C14H22N2O. The summed E-state index contributed by atoms with van der Waals surface area (Å²) in [6, 6.07) is 6.42. The topological polar surface area (TPSA) is 55.1 Å². The molecule has 0 spiro atoms. The Morgan fingerprint density at radius 3 is 2.53 bits per heavy atom. The Bertz CT molecular complexity index is 399. The van der Waals surface area contributed by atoms with Gasteiger partial charge in [-0.25, -0.2) is 0 Å². The molecule has 1 unspecified atom stereocenters. The summed E-state index contributed by atoms with van der Waals surface area (Å²) in [5, 5.41) is 2.89. The van der Waals surface area contributed by atoms with Crippen LogP contribution >= 0.6 is 0 Å². The maximum atomic E-state index is 11.3. The van der Waals surface area contributed by atoms with Gasteiger partial charge in [-0.1, -0.05) is 32.0 Å². The molecule has 0 aromatic heterocycles. The van der Waals surface area contributed by atoms with Crippen LogP contribution in [0, 0.1) is 6.92 Å². The molecule has 1 rings (SSSR count). The lowest BCUT2D eigenvalue weighted by molar-refractivity contribution is -0.120. The van der Waals surface area contributed by atoms with E-state index in [9.17, 15) is 4.79 Å². The zero-order chi connectivity index (χ0) is 13.0. The van der Waals surface area contributed by atoms with Gasteiger partial charge in [-0.15, -0.1) is 0 Å². The Morgan fingerprint density at radius 2 is 2.00 bits per heavy atom. The van der Waals surface area contributed by atoms with E-state index in [1.807, 2.05) is 6.92 Å². The summed E-state index contributed by atoms with van der Waals surface area (Å²) < 4.78 is 0. The van der Waals surface area contributed by atoms with Gasteiger partial charge < -0.3 is 11.1 Å². The Hall–Kier alpha value is -1.35. The Kier molecular flexibility index (Phi) is 4.70. The zero-order valence-electron chi connectivity index (χ0n) is 11.1. The van der Waals surface area contributed by atoms with Crippen molar-refractivity contribution in [2.24, 2.45) is 5.73 Å². The average Bonchev–Trinajstić information content (AvgIpc) is 2.28. The smallest absolute Gasteiger partial charge is 0.234 e. The van der Waals surface area contributed by atoms with E-state index in [1.165, 1.54) is 11.1 Å². The van der Waals surface area contributed by atoms with E-state index in [0.717, 1.165) is 5.56 Å². The van der Waals surface area contributed by atoms with Crippen LogP contribution in [-0.4, -0.2) is 12.5 Å². The lowest BCUT2D eigenvalue weighted by Crippen LogP contribution is -2.32. The van der Waals surface area contributed by atoms with Crippen molar-refractivity contribution in [1.29, 1.82) is 0 Å². The van der Waals surface area contributed by atoms with Gasteiger partial charge in [-0.2, -0.15) is 0 Å². The molecule has 0 aliphatic rings. The van der Waals surface area contributed by atoms with Gasteiger partial charge in [0.05, 0.1) is 12.6 Å². The molecule has 1 atom stereocenters. The number of hydrogen-bond acceptors (Lipinski definition) is 2. The van der Waals surface area contributed by atoms with Gasteiger partial charge in [-0.3, -0.25) is 4.79 Å². The molecule has 0 radical (unpaired) electrons. The van der Waals surface area contributed by atoms with Crippen LogP contribution in [0.3, 0.4) is 0 Å². The number of benzene rings is 1. The van der Waals surface area contributed by atoms with Crippen LogP contribution in [0.1, 0.15) is 49.4 Å². The van der Waals surface area contributed by atoms with Gasteiger partial charge in [0.1, 0.15) is 0 Å². The van der Waals surface area contributed by atoms with Crippen LogP contribution in [0.15, 0.2) is 18.2 Å². The minimum absolute atomic E-state index is 0.00440. The molecule has 94 valence electrons. The standard InChI is InChI=1S/C14H22N2O/c1-9(2)12-6-5-10(3)13(7-12)11(4)16-14(17)8-15/h5-7,9,11H,8,15H2,1-4H3,(H,16,17). The van der Waals surface area contributed by atoms with Crippen LogP contribution in [0.2, 0.25) is 0 Å². The fourth-order valence-electron chi connectivity index (χ4n) is 1.86. The highest BCUT2D eigenvalue weighted by atomic mass is 16.1. The molecule has 1 aromatic rings. The molecule has 3 nitrogen and oxygen atoms in total. The highest BCUT2D eigenvalue weighted by Crippen LogP contribution is 2.23. The maximum Gasteiger partial charge on any atom is 0.234 e. The summed E-state index contributed by atoms with van der Waals surface area (Å²) in [5.41, 5.74) is 8.95. The molecule has 1 aromatic carbocycles. The van der Waals surface area contributed by atoms with E-state index in [0.29, 0.717) is 5.92 Å². The van der Waals surface area contributed by atoms with Crippen LogP contribution in [0.4, 0.5) is 0 Å². The number of nitrogens with two attached hydrogens (primary N) is 1. The number of hydrogen-bond donors (Lipinski definition) is 2. The first-order valence-corrected chi connectivity index (χ1v) is 6.05. The van der Waals surface area contributed by atoms with Crippen molar-refractivity contribution in [3.05, 3.63) is 34.9 Å². The quantitative estimate of drug-likeness (QED) is 0.839. The van der Waals surface area contributed by atoms with E-state index in [2.05, 4.69) is 44.3 Å². The van der Waals surface area contributed by atoms with Crippen molar-refractivity contribution in [2.45, 2.75) is 39.7 Å². The van der Waals surface area contributed by atoms with E-state index in [1.54, 1.807) is 0 Å². The Morgan fingerprint density at radius 1 is 1.35 bits per heavy atom. The third kappa shape index (κ3) is 3.56. The van der Waals surface area contributed by atoms with Crippen LogP contribution in [0.5, 0.6) is 0 Å². The molecule has 3 heteroatoms. The zero-order valence-corrected chi connectivity index (χ0v) is 11.1. The molecule has 0 fully saturated rings. The van der Waals surface area contributed by atoms with E-state index < -0.39 is 0 Å². The summed E-state index contributed by atoms with van der Waals surface area (Å²) in [6.45, 7) is 8.41. The summed E-state index contributed by atoms with van der Waals surface area (Å²) >= 11 is 0. The van der Waals surface area contributed by atoms with Crippen LogP contribution < -0.4 is 11.1 Å². The van der Waals surface area contributed by atoms with Gasteiger partial charge in [0.25, 0.3) is 0 Å². The fraction of sp³-hybridized carbons (Fsp3) is 0.500. The molecule has 0 bridgehead atoms. The highest BCUT2D eigenvalue weighted by Gasteiger charge is 2.12. The number of amides is 1. The first-order chi connectivity index (χ1) is 7.95. The van der Waals surface area contributed by atoms with Gasteiger partial charge >= 0.3 is 0 Å². The van der Waals surface area contributed by atoms with Crippen molar-refractivity contribution in [3.63, 3.8) is 0 Å². The number of rotatable bonds is 4. The number of carbonyl (C=O) groups excluding carboxylic acids is 1. The van der Waals surface area contributed by atoms with Crippen molar-refractivity contribution < 1.29 is 4.79 Å². The predicted molar refractivity (Wildman–Crippen MR) is 70.9 cm³/mol. The largest absolute Gasteiger partial charge is 0.348 e. The van der Waals surface area contributed by atoms with Crippen molar-refractivity contribution in [3.8, 4) is 0 Å². The third-order valence-electron chi connectivity index (χ3n) is 3.00. The van der Waals surface area contributed by atoms with Crippen LogP contribution in [-0.2, 0) is 4.79 Å². The Balaban J connectivity index is 2.95. The fourth-order valence-corrected chi connectivity index (χ4v) is 1.86. The minimum Gasteiger partial charge on any atom is -0.348 e. The van der Waals surface area contributed by atoms with E-state index in [4.69, 9.17) is 5.73 Å². The number of nitrogens with one attached hydrogen (secondary N) is 1. The molecular weight excluding hydrogens is 212 g/mol. The van der Waals surface area contributed by atoms with Gasteiger partial charge in [0, 0.05) is 0 Å². The van der Waals surface area contributed by atoms with E-state index in [-0.39, 0.29) is 18.5 Å². The first-order valence-electron chi connectivity index (χ1n) is 6.05. The highest BCUT2D eigenvalue weighted by molar-refractivity contribution is 5.78. The monoisotopic (exact) mass is 234 g/mol. The molecule has 0 saturated heterocycles. The molecule has 1 amide bonds. The summed E-state index contributed by atoms with van der Waals surface area (Å²) in [5.74, 6) is 0.374. The Labute approximate surface area is 103 Å². The summed E-state index contributed by atoms with van der Waals surface area (Å²) in [6.07, 6.45) is 0. The van der Waals surface area contributed by atoms with Gasteiger partial charge in [0.15, 0.2) is 0 Å². The maximum absolute atomic E-state index is 11.3. The molecule has 3 N–H and O–H groups in total. The molecule has 0 heterocycles. The van der Waals surface area contributed by atoms with Gasteiger partial charge in [-0.05, 0) is 36.5 Å². The SMILES string of the molecule is Cc1ccc(C(C)C)cc1C(C)NC(=O)CN. The molecule has 0 aliphatic heterocycles. The van der Waals surface area contributed by atoms with Crippen molar-refractivity contribution in [1.82, 2.24) is 5.32 Å². The third-order valence-corrected chi connectivity index (χ3v) is 3.00. The van der Waals surface area contributed by atoms with Crippen molar-refractivity contribution >= 4 is 5.91 Å². The van der Waals surface area contributed by atoms with Crippen LogP contribution in [0.25, 0.3) is 0 Å². The summed E-state index contributed by atoms with van der Waals surface area (Å²) in [7, 11) is 0. The second kappa shape index (κ2) is 5.82. The minimum atomic E-state index is -0.119. The average molecular weight is 234 g/mol. The summed E-state index contributed by atoms with van der Waals surface area (Å²) in [4.78, 5) is 11.3. The lowest BCUT2D eigenvalue weighted by atomic mass is 9.94. The molecule has 17 heavy (non-hydrogen) atoms. The lowest BCUT2D eigenvalue weighted by Gasteiger charge is -2.18. The predicted octanol–water partition coefficient (Wildman–Crippen LogP) is 2.25. The second-order valence-electron chi connectivity index (χ2n) is 4.76. The normalized spacial score (nSPS) is 12.6. The van der Waals surface area contributed by atoms with Gasteiger partial charge in [0.2, 0.25) is 5.91 Å². The second-order valence-corrected chi connectivity index (χ2v) is 4.76. The number of aryl methyl sites for hydroxylation is 1. The van der Waals surface area contributed by atoms with Crippen molar-refractivity contribution in [2.75, 3.05) is 6.54 Å². The number of carbonyl (C=O) groups is 1. The first kappa shape index (κ1) is 13.7. The van der Waals surface area contributed by atoms with E-state index >= 15 is 0 Å². The molecule has 0 saturated carbocycles.